The molecule has 0 bridgehead atoms. The molecule has 9 heteroatoms. The molecule has 6 nitrogen and oxygen atoms in total. The Morgan fingerprint density at radius 1 is 0.970 bits per heavy atom. The smallest absolute Gasteiger partial charge is 0.206 e. The Hall–Kier alpha value is -2.13. The van der Waals surface area contributed by atoms with E-state index in [9.17, 15) is 13.5 Å². The monoisotopic (exact) mass is 511 g/mol. The zero-order chi connectivity index (χ0) is 23.0. The van der Waals surface area contributed by atoms with E-state index in [-0.39, 0.29) is 35.4 Å². The van der Waals surface area contributed by atoms with Crippen LogP contribution in [0.25, 0.3) is 0 Å². The van der Waals surface area contributed by atoms with Gasteiger partial charge in [-0.2, -0.15) is 0 Å². The first kappa shape index (κ1) is 27.1. The van der Waals surface area contributed by atoms with Crippen LogP contribution in [0.1, 0.15) is 17.2 Å². The highest BCUT2D eigenvalue weighted by atomic mass is 35.5. The summed E-state index contributed by atoms with van der Waals surface area (Å²) in [6.07, 6.45) is 0.0333. The van der Waals surface area contributed by atoms with Crippen LogP contribution in [0.15, 0.2) is 82.6 Å². The third-order valence-electron chi connectivity index (χ3n) is 4.87. The average molecular weight is 512 g/mol. The van der Waals surface area contributed by atoms with Crippen LogP contribution in [0.2, 0.25) is 5.02 Å². The highest BCUT2D eigenvalue weighted by Gasteiger charge is 2.18. The molecule has 178 valence electrons. The van der Waals surface area contributed by atoms with E-state index in [1.165, 1.54) is 12.1 Å². The maximum Gasteiger partial charge on any atom is 0.206 e. The van der Waals surface area contributed by atoms with Gasteiger partial charge in [0.1, 0.15) is 12.4 Å². The highest BCUT2D eigenvalue weighted by molar-refractivity contribution is 7.91. The fourth-order valence-corrected chi connectivity index (χ4v) is 4.66. The summed E-state index contributed by atoms with van der Waals surface area (Å²) in [7, 11) is -3.68. The van der Waals surface area contributed by atoms with Crippen molar-refractivity contribution in [2.75, 3.05) is 26.3 Å². The quantitative estimate of drug-likeness (QED) is 0.338. The van der Waals surface area contributed by atoms with Gasteiger partial charge in [0, 0.05) is 11.6 Å². The summed E-state index contributed by atoms with van der Waals surface area (Å²) >= 11 is 5.95. The van der Waals surface area contributed by atoms with E-state index < -0.39 is 15.9 Å². The van der Waals surface area contributed by atoms with Crippen molar-refractivity contribution in [3.63, 3.8) is 0 Å². The lowest BCUT2D eigenvalue weighted by atomic mass is 10.1. The molecule has 0 saturated heterocycles. The van der Waals surface area contributed by atoms with Gasteiger partial charge in [-0.05, 0) is 66.6 Å². The molecule has 3 N–H and O–H groups in total. The highest BCUT2D eigenvalue weighted by Crippen LogP contribution is 2.25. The molecular formula is C24H27Cl2NO5S. The van der Waals surface area contributed by atoms with Crippen molar-refractivity contribution < 1.29 is 23.4 Å². The molecule has 0 saturated carbocycles. The van der Waals surface area contributed by atoms with E-state index in [1.54, 1.807) is 54.6 Å². The normalized spacial score (nSPS) is 12.1. The number of aliphatic hydroxyl groups is 2. The van der Waals surface area contributed by atoms with Crippen LogP contribution < -0.4 is 10.1 Å². The summed E-state index contributed by atoms with van der Waals surface area (Å²) in [5.41, 5.74) is 1.74. The Morgan fingerprint density at radius 2 is 1.70 bits per heavy atom. The number of benzene rings is 3. The minimum atomic E-state index is -3.68. The molecular weight excluding hydrogens is 485 g/mol. The Morgan fingerprint density at radius 3 is 2.39 bits per heavy atom. The Kier molecular flexibility index (Phi) is 10.6. The lowest BCUT2D eigenvalue weighted by Gasteiger charge is -2.13. The molecule has 0 heterocycles. The van der Waals surface area contributed by atoms with E-state index in [2.05, 4.69) is 5.32 Å². The summed E-state index contributed by atoms with van der Waals surface area (Å²) in [4.78, 5) is 0.335. The molecule has 0 spiro atoms. The Bertz CT molecular complexity index is 1120. The van der Waals surface area contributed by atoms with Gasteiger partial charge in [-0.1, -0.05) is 41.9 Å². The number of rotatable bonds is 11. The molecule has 0 aliphatic heterocycles. The van der Waals surface area contributed by atoms with Gasteiger partial charge in [0.2, 0.25) is 9.84 Å². The first-order valence-electron chi connectivity index (χ1n) is 10.2. The maximum absolute atomic E-state index is 12.9. The van der Waals surface area contributed by atoms with Crippen LogP contribution in [0.3, 0.4) is 0 Å². The second kappa shape index (κ2) is 12.9. The second-order valence-electron chi connectivity index (χ2n) is 7.22. The first-order chi connectivity index (χ1) is 15.4. The van der Waals surface area contributed by atoms with Gasteiger partial charge >= 0.3 is 0 Å². The third kappa shape index (κ3) is 7.71. The molecule has 33 heavy (non-hydrogen) atoms. The summed E-state index contributed by atoms with van der Waals surface area (Å²) in [6.45, 7) is 0.977. The Balaban J connectivity index is 0.00000385. The fraction of sp³-hybridized carbons (Fsp3) is 0.250. The van der Waals surface area contributed by atoms with Gasteiger partial charge in [-0.3, -0.25) is 0 Å². The number of hydrogen-bond acceptors (Lipinski definition) is 6. The summed E-state index contributed by atoms with van der Waals surface area (Å²) in [5, 5.41) is 22.9. The lowest BCUT2D eigenvalue weighted by Crippen LogP contribution is -2.23. The van der Waals surface area contributed by atoms with Gasteiger partial charge in [-0.15, -0.1) is 12.4 Å². The van der Waals surface area contributed by atoms with Gasteiger partial charge in [0.15, 0.2) is 0 Å². The minimum absolute atomic E-state index is 0. The molecule has 0 amide bonds. The number of hydrogen-bond donors (Lipinski definition) is 3. The number of sulfone groups is 1. The SMILES string of the molecule is Cl.O=S(=O)(c1ccc(CCNC[C@H](O)c2cccc(Cl)c2)cc1)c1cccc(OCCO)c1. The molecule has 3 aromatic carbocycles. The van der Waals surface area contributed by atoms with Gasteiger partial charge < -0.3 is 20.3 Å². The molecule has 3 rings (SSSR count). The van der Waals surface area contributed by atoms with Crippen LogP contribution in [0.5, 0.6) is 5.75 Å². The number of halogens is 2. The average Bonchev–Trinajstić information content (AvgIpc) is 2.81. The summed E-state index contributed by atoms with van der Waals surface area (Å²) in [5.74, 6) is 0.391. The van der Waals surface area contributed by atoms with Gasteiger partial charge in [-0.25, -0.2) is 8.42 Å². The van der Waals surface area contributed by atoms with E-state index in [0.717, 1.165) is 11.1 Å². The van der Waals surface area contributed by atoms with Crippen LogP contribution in [0, 0.1) is 0 Å². The molecule has 0 aliphatic rings. The van der Waals surface area contributed by atoms with Crippen molar-refractivity contribution in [2.24, 2.45) is 0 Å². The zero-order valence-corrected chi connectivity index (χ0v) is 20.2. The van der Waals surface area contributed by atoms with Crippen molar-refractivity contribution in [1.82, 2.24) is 5.32 Å². The summed E-state index contributed by atoms with van der Waals surface area (Å²) < 4.78 is 31.1. The zero-order valence-electron chi connectivity index (χ0n) is 17.9. The van der Waals surface area contributed by atoms with E-state index in [4.69, 9.17) is 21.4 Å². The molecule has 1 atom stereocenters. The number of aliphatic hydroxyl groups excluding tert-OH is 2. The number of nitrogens with one attached hydrogen (secondary N) is 1. The van der Waals surface area contributed by atoms with E-state index in [1.807, 2.05) is 6.07 Å². The molecule has 0 aromatic heterocycles. The van der Waals surface area contributed by atoms with Gasteiger partial charge in [0.05, 0.1) is 22.5 Å². The van der Waals surface area contributed by atoms with Crippen molar-refractivity contribution in [1.29, 1.82) is 0 Å². The molecule has 3 aromatic rings. The maximum atomic E-state index is 12.9. The molecule has 0 radical (unpaired) electrons. The third-order valence-corrected chi connectivity index (χ3v) is 6.87. The Labute approximate surface area is 205 Å². The van der Waals surface area contributed by atoms with Crippen molar-refractivity contribution in [3.05, 3.63) is 88.9 Å². The lowest BCUT2D eigenvalue weighted by molar-refractivity contribution is 0.175. The summed E-state index contributed by atoms with van der Waals surface area (Å²) in [6, 6.07) is 20.1. The topological polar surface area (TPSA) is 95.9 Å². The predicted molar refractivity (Wildman–Crippen MR) is 131 cm³/mol. The predicted octanol–water partition coefficient (Wildman–Crippen LogP) is 3.83. The van der Waals surface area contributed by atoms with Crippen LogP contribution in [-0.2, 0) is 16.3 Å². The largest absolute Gasteiger partial charge is 0.491 e. The van der Waals surface area contributed by atoms with Crippen LogP contribution in [-0.4, -0.2) is 44.9 Å². The molecule has 0 unspecified atom stereocenters. The van der Waals surface area contributed by atoms with Crippen molar-refractivity contribution >= 4 is 33.8 Å². The standard InChI is InChI=1S/C24H26ClNO5S.ClH/c25-20-4-1-3-19(15-20)24(28)17-26-12-11-18-7-9-22(10-8-18)32(29,30)23-6-2-5-21(16-23)31-14-13-27;/h1-10,15-16,24,26-28H,11-14,17H2;1H/t24-;/m0./s1. The number of ether oxygens (including phenoxy) is 1. The first-order valence-corrected chi connectivity index (χ1v) is 12.1. The molecule has 0 aliphatic carbocycles. The van der Waals surface area contributed by atoms with Crippen LogP contribution in [0.4, 0.5) is 0 Å². The van der Waals surface area contributed by atoms with Gasteiger partial charge in [0.25, 0.3) is 0 Å². The van der Waals surface area contributed by atoms with E-state index in [0.29, 0.717) is 30.3 Å². The van der Waals surface area contributed by atoms with Crippen molar-refractivity contribution in [2.45, 2.75) is 22.3 Å². The fourth-order valence-electron chi connectivity index (χ4n) is 3.17. The van der Waals surface area contributed by atoms with E-state index >= 15 is 0 Å². The molecule has 0 fully saturated rings. The minimum Gasteiger partial charge on any atom is -0.491 e. The second-order valence-corrected chi connectivity index (χ2v) is 9.61. The van der Waals surface area contributed by atoms with Crippen molar-refractivity contribution in [3.8, 4) is 5.75 Å². The van der Waals surface area contributed by atoms with Crippen LogP contribution >= 0.6 is 24.0 Å².